The fourth-order valence-corrected chi connectivity index (χ4v) is 8.34. The summed E-state index contributed by atoms with van der Waals surface area (Å²) in [5.41, 5.74) is 2.73. The lowest BCUT2D eigenvalue weighted by molar-refractivity contribution is -0.140. The summed E-state index contributed by atoms with van der Waals surface area (Å²) < 4.78 is 29.8. The van der Waals surface area contributed by atoms with Gasteiger partial charge in [-0.1, -0.05) is 96.6 Å². The molecule has 1 fully saturated rings. The normalized spacial score (nSPS) is 14.2. The van der Waals surface area contributed by atoms with Crippen LogP contribution in [0.2, 0.25) is 10.0 Å². The summed E-state index contributed by atoms with van der Waals surface area (Å²) in [5.74, 6) is -0.831. The molecule has 0 heterocycles. The van der Waals surface area contributed by atoms with Crippen LogP contribution < -0.4 is 9.62 Å². The lowest BCUT2D eigenvalue weighted by atomic mass is 9.94. The average Bonchev–Trinajstić information content (AvgIpc) is 3.10. The quantitative estimate of drug-likeness (QED) is 0.140. The van der Waals surface area contributed by atoms with Gasteiger partial charge in [0, 0.05) is 33.9 Å². The van der Waals surface area contributed by atoms with Crippen molar-refractivity contribution in [2.45, 2.75) is 73.9 Å². The topological polar surface area (TPSA) is 86.8 Å². The standard InChI is InChI=1S/C38H41Cl2N3O4S2/c1-27-13-17-32(18-14-27)43(49(46,47)34-21-19-33(48-2)20-22-34)26-37(44)42(25-29-15-16-30(39)24-35(29)40)36(23-28-9-5-3-6-10-28)38(45)41-31-11-7-4-8-12-31/h3,5-6,9-10,13-22,24,31,36H,4,7-8,11-12,23,25-26H2,1-2H3,(H,41,45)/t36-/m1/s1. The van der Waals surface area contributed by atoms with Gasteiger partial charge in [-0.25, -0.2) is 8.42 Å². The fourth-order valence-electron chi connectivity index (χ4n) is 6.05. The fraction of sp³-hybridized carbons (Fsp3) is 0.316. The van der Waals surface area contributed by atoms with Gasteiger partial charge in [-0.2, -0.15) is 0 Å². The summed E-state index contributed by atoms with van der Waals surface area (Å²) in [4.78, 5) is 31.5. The monoisotopic (exact) mass is 737 g/mol. The number of rotatable bonds is 13. The molecular weight excluding hydrogens is 697 g/mol. The minimum Gasteiger partial charge on any atom is -0.352 e. The number of carbonyl (C=O) groups excluding carboxylic acids is 2. The van der Waals surface area contributed by atoms with Crippen LogP contribution in [0.15, 0.2) is 107 Å². The Hall–Kier alpha value is -3.50. The van der Waals surface area contributed by atoms with Crippen LogP contribution in [0.3, 0.4) is 0 Å². The predicted octanol–water partition coefficient (Wildman–Crippen LogP) is 8.31. The number of sulfonamides is 1. The molecule has 4 aromatic carbocycles. The summed E-state index contributed by atoms with van der Waals surface area (Å²) in [6, 6.07) is 27.1. The minimum absolute atomic E-state index is 0.00397. The second kappa shape index (κ2) is 16.9. The van der Waals surface area contributed by atoms with E-state index in [2.05, 4.69) is 5.32 Å². The third-order valence-corrected chi connectivity index (χ3v) is 11.9. The lowest BCUT2D eigenvalue weighted by Crippen LogP contribution is -2.55. The van der Waals surface area contributed by atoms with E-state index in [1.807, 2.05) is 43.5 Å². The molecule has 1 N–H and O–H groups in total. The Bertz CT molecular complexity index is 1830. The molecule has 0 spiro atoms. The van der Waals surface area contributed by atoms with Gasteiger partial charge in [-0.15, -0.1) is 11.8 Å². The van der Waals surface area contributed by atoms with Crippen molar-refractivity contribution in [2.75, 3.05) is 17.1 Å². The lowest BCUT2D eigenvalue weighted by Gasteiger charge is -2.35. The molecular formula is C38H41Cl2N3O4S2. The Balaban J connectivity index is 1.57. The molecule has 5 rings (SSSR count). The molecule has 0 aliphatic heterocycles. The van der Waals surface area contributed by atoms with Gasteiger partial charge >= 0.3 is 0 Å². The Kier molecular flexibility index (Phi) is 12.7. The van der Waals surface area contributed by atoms with E-state index < -0.39 is 28.5 Å². The van der Waals surface area contributed by atoms with Crippen molar-refractivity contribution in [1.29, 1.82) is 0 Å². The highest BCUT2D eigenvalue weighted by Crippen LogP contribution is 2.29. The van der Waals surface area contributed by atoms with Crippen molar-refractivity contribution in [3.63, 3.8) is 0 Å². The molecule has 0 bridgehead atoms. The van der Waals surface area contributed by atoms with Crippen LogP contribution >= 0.6 is 35.0 Å². The maximum atomic E-state index is 14.8. The Labute approximate surface area is 304 Å². The highest BCUT2D eigenvalue weighted by Gasteiger charge is 2.35. The van der Waals surface area contributed by atoms with Gasteiger partial charge in [0.2, 0.25) is 11.8 Å². The Morgan fingerprint density at radius 3 is 2.20 bits per heavy atom. The number of nitrogens with one attached hydrogen (secondary N) is 1. The zero-order valence-corrected chi connectivity index (χ0v) is 30.8. The molecule has 0 unspecified atom stereocenters. The van der Waals surface area contributed by atoms with Crippen molar-refractivity contribution in [1.82, 2.24) is 10.2 Å². The largest absolute Gasteiger partial charge is 0.352 e. The predicted molar refractivity (Wildman–Crippen MR) is 200 cm³/mol. The Morgan fingerprint density at radius 2 is 1.57 bits per heavy atom. The molecule has 0 aromatic heterocycles. The molecule has 0 saturated heterocycles. The van der Waals surface area contributed by atoms with Gasteiger partial charge in [0.1, 0.15) is 12.6 Å². The number of anilines is 1. The molecule has 258 valence electrons. The van der Waals surface area contributed by atoms with Crippen LogP contribution in [0.25, 0.3) is 0 Å². The van der Waals surface area contributed by atoms with Crippen molar-refractivity contribution in [3.8, 4) is 0 Å². The van der Waals surface area contributed by atoms with E-state index in [1.54, 1.807) is 66.7 Å². The number of benzene rings is 4. The summed E-state index contributed by atoms with van der Waals surface area (Å²) in [6.45, 7) is 1.34. The van der Waals surface area contributed by atoms with Crippen LogP contribution in [0, 0.1) is 6.92 Å². The summed E-state index contributed by atoms with van der Waals surface area (Å²) in [5, 5.41) is 4.00. The number of carbonyl (C=O) groups is 2. The van der Waals surface area contributed by atoms with E-state index in [-0.39, 0.29) is 29.8 Å². The molecule has 11 heteroatoms. The zero-order chi connectivity index (χ0) is 35.0. The van der Waals surface area contributed by atoms with Crippen molar-refractivity contribution in [2.24, 2.45) is 0 Å². The van der Waals surface area contributed by atoms with E-state index in [0.717, 1.165) is 52.4 Å². The number of thioether (sulfide) groups is 1. The van der Waals surface area contributed by atoms with Gasteiger partial charge in [-0.3, -0.25) is 13.9 Å². The number of amides is 2. The second-order valence-corrected chi connectivity index (χ2v) is 15.9. The van der Waals surface area contributed by atoms with Gasteiger partial charge < -0.3 is 10.2 Å². The minimum atomic E-state index is -4.20. The maximum Gasteiger partial charge on any atom is 0.264 e. The van der Waals surface area contributed by atoms with Crippen LogP contribution in [0.4, 0.5) is 5.69 Å². The molecule has 0 radical (unpaired) electrons. The van der Waals surface area contributed by atoms with Gasteiger partial charge in [0.25, 0.3) is 10.0 Å². The molecule has 1 saturated carbocycles. The van der Waals surface area contributed by atoms with Crippen molar-refractivity contribution < 1.29 is 18.0 Å². The summed E-state index contributed by atoms with van der Waals surface area (Å²) in [6.07, 6.45) is 7.06. The number of hydrogen-bond donors (Lipinski definition) is 1. The highest BCUT2D eigenvalue weighted by molar-refractivity contribution is 7.98. The van der Waals surface area contributed by atoms with Crippen LogP contribution in [0.5, 0.6) is 0 Å². The van der Waals surface area contributed by atoms with Gasteiger partial charge in [0.15, 0.2) is 0 Å². The first-order valence-electron chi connectivity index (χ1n) is 16.4. The molecule has 1 aliphatic rings. The number of hydrogen-bond acceptors (Lipinski definition) is 5. The van der Waals surface area contributed by atoms with E-state index in [0.29, 0.717) is 21.3 Å². The van der Waals surface area contributed by atoms with E-state index in [9.17, 15) is 18.0 Å². The summed E-state index contributed by atoms with van der Waals surface area (Å²) in [7, 11) is -4.20. The smallest absolute Gasteiger partial charge is 0.264 e. The molecule has 7 nitrogen and oxygen atoms in total. The average molecular weight is 739 g/mol. The highest BCUT2D eigenvalue weighted by atomic mass is 35.5. The molecule has 49 heavy (non-hydrogen) atoms. The first-order valence-corrected chi connectivity index (χ1v) is 19.8. The SMILES string of the molecule is CSc1ccc(S(=O)(=O)N(CC(=O)N(Cc2ccc(Cl)cc2Cl)[C@H](Cc2ccccc2)C(=O)NC2CCCCC2)c2ccc(C)cc2)cc1. The molecule has 2 amide bonds. The van der Waals surface area contributed by atoms with E-state index >= 15 is 0 Å². The molecule has 4 aromatic rings. The first kappa shape index (κ1) is 36.8. The zero-order valence-electron chi connectivity index (χ0n) is 27.6. The second-order valence-electron chi connectivity index (χ2n) is 12.3. The number of halogens is 2. The maximum absolute atomic E-state index is 14.8. The van der Waals surface area contributed by atoms with E-state index in [4.69, 9.17) is 23.2 Å². The van der Waals surface area contributed by atoms with E-state index in [1.165, 1.54) is 16.7 Å². The first-order chi connectivity index (χ1) is 23.5. The molecule has 1 aliphatic carbocycles. The van der Waals surface area contributed by atoms with Crippen LogP contribution in [-0.4, -0.2) is 50.0 Å². The van der Waals surface area contributed by atoms with Crippen LogP contribution in [-0.2, 0) is 32.6 Å². The third-order valence-electron chi connectivity index (χ3n) is 8.83. The van der Waals surface area contributed by atoms with Gasteiger partial charge in [-0.05, 0) is 85.7 Å². The Morgan fingerprint density at radius 1 is 0.898 bits per heavy atom. The number of nitrogens with zero attached hydrogens (tertiary/aromatic N) is 2. The third kappa shape index (κ3) is 9.60. The van der Waals surface area contributed by atoms with Crippen molar-refractivity contribution >= 4 is 62.5 Å². The summed E-state index contributed by atoms with van der Waals surface area (Å²) >= 11 is 14.4. The van der Waals surface area contributed by atoms with Crippen LogP contribution in [0.1, 0.15) is 48.8 Å². The van der Waals surface area contributed by atoms with Gasteiger partial charge in [0.05, 0.1) is 10.6 Å². The van der Waals surface area contributed by atoms with Crippen molar-refractivity contribution in [3.05, 3.63) is 124 Å². The molecule has 1 atom stereocenters. The number of aryl methyl sites for hydroxylation is 1.